The number of nitrogens with zero attached hydrogens (tertiary/aromatic N) is 2. The van der Waals surface area contributed by atoms with Gasteiger partial charge >= 0.3 is 0 Å². The third kappa shape index (κ3) is 4.81. The van der Waals surface area contributed by atoms with Crippen molar-refractivity contribution in [2.75, 3.05) is 37.7 Å². The minimum atomic E-state index is -3.56. The van der Waals surface area contributed by atoms with E-state index in [0.717, 1.165) is 24.1 Å². The first kappa shape index (κ1) is 22.1. The fourth-order valence-corrected chi connectivity index (χ4v) is 5.06. The maximum absolute atomic E-state index is 13.0. The second kappa shape index (κ2) is 9.34. The van der Waals surface area contributed by atoms with Crippen LogP contribution in [0, 0.1) is 0 Å². The van der Waals surface area contributed by atoms with E-state index in [1.165, 1.54) is 11.2 Å². The van der Waals surface area contributed by atoms with Gasteiger partial charge in [-0.3, -0.25) is 4.79 Å². The third-order valence-electron chi connectivity index (χ3n) is 5.07. The van der Waals surface area contributed by atoms with Gasteiger partial charge < -0.3 is 15.4 Å². The minimum absolute atomic E-state index is 0. The predicted molar refractivity (Wildman–Crippen MR) is 107 cm³/mol. The van der Waals surface area contributed by atoms with E-state index >= 15 is 0 Å². The molecule has 0 atom stereocenters. The largest absolute Gasteiger partial charge is 0.378 e. The fourth-order valence-electron chi connectivity index (χ4n) is 3.57. The number of amides is 1. The van der Waals surface area contributed by atoms with Gasteiger partial charge in [-0.25, -0.2) is 8.42 Å². The topological polar surface area (TPSA) is 92.9 Å². The molecule has 2 aliphatic rings. The Labute approximate surface area is 167 Å². The van der Waals surface area contributed by atoms with Crippen molar-refractivity contribution < 1.29 is 17.9 Å². The summed E-state index contributed by atoms with van der Waals surface area (Å²) in [7, 11) is -3.56. The maximum atomic E-state index is 13.0. The number of hydrogen-bond acceptors (Lipinski definition) is 5. The van der Waals surface area contributed by atoms with Crippen molar-refractivity contribution in [2.45, 2.75) is 43.6 Å². The van der Waals surface area contributed by atoms with Crippen LogP contribution < -0.4 is 10.6 Å². The molecule has 27 heavy (non-hydrogen) atoms. The molecule has 1 amide bonds. The Kier molecular flexibility index (Phi) is 7.64. The molecule has 1 fully saturated rings. The van der Waals surface area contributed by atoms with Crippen molar-refractivity contribution in [1.82, 2.24) is 4.31 Å². The van der Waals surface area contributed by atoms with E-state index in [1.807, 2.05) is 6.07 Å². The zero-order valence-corrected chi connectivity index (χ0v) is 17.2. The Hall–Kier alpha value is -1.19. The van der Waals surface area contributed by atoms with Gasteiger partial charge in [-0.2, -0.15) is 4.31 Å². The second-order valence-electron chi connectivity index (χ2n) is 6.83. The molecule has 9 heteroatoms. The molecule has 1 saturated heterocycles. The van der Waals surface area contributed by atoms with Crippen LogP contribution in [0.5, 0.6) is 0 Å². The lowest BCUT2D eigenvalue weighted by Gasteiger charge is -2.31. The molecule has 0 bridgehead atoms. The summed E-state index contributed by atoms with van der Waals surface area (Å²) in [6.07, 6.45) is 3.06. The molecule has 2 N–H and O–H groups in total. The van der Waals surface area contributed by atoms with Gasteiger partial charge in [0.1, 0.15) is 0 Å². The number of anilines is 1. The Morgan fingerprint density at radius 1 is 1.26 bits per heavy atom. The van der Waals surface area contributed by atoms with Crippen molar-refractivity contribution in [3.05, 3.63) is 23.8 Å². The monoisotopic (exact) mass is 417 g/mol. The van der Waals surface area contributed by atoms with Gasteiger partial charge in [0.15, 0.2) is 0 Å². The van der Waals surface area contributed by atoms with Crippen molar-refractivity contribution in [3.63, 3.8) is 0 Å². The van der Waals surface area contributed by atoms with Crippen LogP contribution in [-0.4, -0.2) is 57.5 Å². The van der Waals surface area contributed by atoms with Crippen LogP contribution >= 0.6 is 12.4 Å². The summed E-state index contributed by atoms with van der Waals surface area (Å²) in [4.78, 5) is 13.7. The SMILES string of the molecule is CC(=O)N1CCc2ccc(S(=O)(=O)N3CCC(OCCCN)CC3)cc21.Cl. The van der Waals surface area contributed by atoms with Crippen molar-refractivity contribution >= 4 is 34.0 Å². The van der Waals surface area contributed by atoms with Crippen LogP contribution in [0.15, 0.2) is 23.1 Å². The average molecular weight is 418 g/mol. The number of benzene rings is 1. The van der Waals surface area contributed by atoms with Crippen LogP contribution in [-0.2, 0) is 26.0 Å². The normalized spacial score (nSPS) is 18.2. The Balaban J connectivity index is 0.00000261. The van der Waals surface area contributed by atoms with Gasteiger partial charge in [0.05, 0.1) is 11.0 Å². The molecule has 152 valence electrons. The molecule has 0 aromatic heterocycles. The van der Waals surface area contributed by atoms with E-state index in [0.29, 0.717) is 45.6 Å². The number of carbonyl (C=O) groups is 1. The van der Waals surface area contributed by atoms with Crippen molar-refractivity contribution in [1.29, 1.82) is 0 Å². The highest BCUT2D eigenvalue weighted by molar-refractivity contribution is 7.89. The van der Waals surface area contributed by atoms with Gasteiger partial charge in [0.2, 0.25) is 15.9 Å². The van der Waals surface area contributed by atoms with E-state index in [1.54, 1.807) is 17.0 Å². The first-order chi connectivity index (χ1) is 12.4. The first-order valence-corrected chi connectivity index (χ1v) is 10.6. The van der Waals surface area contributed by atoms with E-state index in [2.05, 4.69) is 0 Å². The van der Waals surface area contributed by atoms with Gasteiger partial charge in [-0.15, -0.1) is 12.4 Å². The smallest absolute Gasteiger partial charge is 0.243 e. The number of ether oxygens (including phenoxy) is 1. The molecule has 2 aliphatic heterocycles. The fraction of sp³-hybridized carbons (Fsp3) is 0.611. The molecule has 0 spiro atoms. The number of hydrogen-bond donors (Lipinski definition) is 1. The quantitative estimate of drug-likeness (QED) is 0.708. The predicted octanol–water partition coefficient (Wildman–Crippen LogP) is 1.54. The number of halogens is 1. The van der Waals surface area contributed by atoms with Crippen molar-refractivity contribution in [2.24, 2.45) is 5.73 Å². The number of fused-ring (bicyclic) bond motifs is 1. The summed E-state index contributed by atoms with van der Waals surface area (Å²) in [5, 5.41) is 0. The summed E-state index contributed by atoms with van der Waals surface area (Å²) in [5.74, 6) is -0.0614. The molecule has 1 aromatic rings. The Morgan fingerprint density at radius 2 is 1.96 bits per heavy atom. The second-order valence-corrected chi connectivity index (χ2v) is 8.77. The number of carbonyl (C=O) groups excluding carboxylic acids is 1. The molecular formula is C18H28ClN3O4S. The zero-order valence-electron chi connectivity index (χ0n) is 15.6. The summed E-state index contributed by atoms with van der Waals surface area (Å²) < 4.78 is 33.3. The number of piperidine rings is 1. The molecule has 0 saturated carbocycles. The van der Waals surface area contributed by atoms with Gasteiger partial charge in [0.25, 0.3) is 0 Å². The summed E-state index contributed by atoms with van der Waals surface area (Å²) in [5.41, 5.74) is 7.20. The summed E-state index contributed by atoms with van der Waals surface area (Å²) >= 11 is 0. The lowest BCUT2D eigenvalue weighted by atomic mass is 10.1. The molecular weight excluding hydrogens is 390 g/mol. The Bertz CT molecular complexity index is 764. The average Bonchev–Trinajstić information content (AvgIpc) is 3.06. The maximum Gasteiger partial charge on any atom is 0.243 e. The van der Waals surface area contributed by atoms with Gasteiger partial charge in [-0.05, 0) is 49.9 Å². The Morgan fingerprint density at radius 3 is 2.59 bits per heavy atom. The lowest BCUT2D eigenvalue weighted by molar-refractivity contribution is -0.116. The third-order valence-corrected chi connectivity index (χ3v) is 6.97. The highest BCUT2D eigenvalue weighted by Gasteiger charge is 2.31. The van der Waals surface area contributed by atoms with Crippen LogP contribution in [0.3, 0.4) is 0 Å². The molecule has 0 radical (unpaired) electrons. The summed E-state index contributed by atoms with van der Waals surface area (Å²) in [6, 6.07) is 5.12. The molecule has 3 rings (SSSR count). The zero-order chi connectivity index (χ0) is 18.7. The van der Waals surface area contributed by atoms with E-state index < -0.39 is 10.0 Å². The number of nitrogens with two attached hydrogens (primary N) is 1. The van der Waals surface area contributed by atoms with E-state index in [9.17, 15) is 13.2 Å². The lowest BCUT2D eigenvalue weighted by Crippen LogP contribution is -2.41. The van der Waals surface area contributed by atoms with Gasteiger partial charge in [0, 0.05) is 38.9 Å². The molecule has 0 aliphatic carbocycles. The highest BCUT2D eigenvalue weighted by atomic mass is 35.5. The minimum Gasteiger partial charge on any atom is -0.378 e. The van der Waals surface area contributed by atoms with Crippen LogP contribution in [0.1, 0.15) is 31.7 Å². The molecule has 2 heterocycles. The molecule has 1 aromatic carbocycles. The van der Waals surface area contributed by atoms with Crippen LogP contribution in [0.4, 0.5) is 5.69 Å². The first-order valence-electron chi connectivity index (χ1n) is 9.16. The van der Waals surface area contributed by atoms with Crippen molar-refractivity contribution in [3.8, 4) is 0 Å². The van der Waals surface area contributed by atoms with Crippen LogP contribution in [0.2, 0.25) is 0 Å². The van der Waals surface area contributed by atoms with E-state index in [4.69, 9.17) is 10.5 Å². The number of sulfonamides is 1. The molecule has 0 unspecified atom stereocenters. The van der Waals surface area contributed by atoms with Gasteiger partial charge in [-0.1, -0.05) is 6.07 Å². The van der Waals surface area contributed by atoms with E-state index in [-0.39, 0.29) is 29.3 Å². The summed E-state index contributed by atoms with van der Waals surface area (Å²) in [6.45, 7) is 4.24. The molecule has 7 nitrogen and oxygen atoms in total. The van der Waals surface area contributed by atoms with Crippen LogP contribution in [0.25, 0.3) is 0 Å². The highest BCUT2D eigenvalue weighted by Crippen LogP contribution is 2.32. The number of rotatable bonds is 6. The standard InChI is InChI=1S/C18H27N3O4S.ClH/c1-14(22)21-11-5-15-3-4-17(13-18(15)21)26(23,24)20-9-6-16(7-10-20)25-12-2-8-19;/h3-4,13,16H,2,5-12,19H2,1H3;1H.